The van der Waals surface area contributed by atoms with Crippen LogP contribution < -0.4 is 9.47 Å². The van der Waals surface area contributed by atoms with Gasteiger partial charge in [-0.05, 0) is 59.7 Å². The minimum Gasteiger partial charge on any atom is -0.497 e. The molecular weight excluding hydrogens is 497 g/mol. The van der Waals surface area contributed by atoms with Crippen molar-refractivity contribution in [3.8, 4) is 11.5 Å². The van der Waals surface area contributed by atoms with Crippen molar-refractivity contribution in [1.82, 2.24) is 0 Å². The fourth-order valence-electron chi connectivity index (χ4n) is 4.78. The zero-order chi connectivity index (χ0) is 23.9. The van der Waals surface area contributed by atoms with Crippen LogP contribution in [0.4, 0.5) is 5.69 Å². The fourth-order valence-corrected chi connectivity index (χ4v) is 6.60. The number of nitrogens with zero attached hydrogens (tertiary/aromatic N) is 1. The van der Waals surface area contributed by atoms with Crippen LogP contribution in [-0.2, 0) is 0 Å². The maximum Gasteiger partial charge on any atom is 0.134 e. The number of rotatable bonds is 3. The van der Waals surface area contributed by atoms with Crippen molar-refractivity contribution >= 4 is 46.4 Å². The Labute approximate surface area is 218 Å². The summed E-state index contributed by atoms with van der Waals surface area (Å²) >= 11 is 14.7. The average molecular weight is 518 g/mol. The summed E-state index contributed by atoms with van der Waals surface area (Å²) in [6.45, 7) is 0. The highest BCUT2D eigenvalue weighted by atomic mass is 35.5. The summed E-state index contributed by atoms with van der Waals surface area (Å²) in [4.78, 5) is 6.28. The van der Waals surface area contributed by atoms with E-state index in [4.69, 9.17) is 37.7 Å². The number of thioether (sulfide) groups is 1. The molecule has 4 aromatic carbocycles. The number of hydrogen-bond donors (Lipinski definition) is 0. The number of methoxy groups -OCH3 is 1. The molecule has 174 valence electrons. The minimum atomic E-state index is -0.229. The van der Waals surface area contributed by atoms with Gasteiger partial charge in [0.15, 0.2) is 0 Å². The van der Waals surface area contributed by atoms with E-state index in [-0.39, 0.29) is 17.3 Å². The second-order valence-corrected chi connectivity index (χ2v) is 10.6. The number of aliphatic imine (C=N–C) groups is 1. The van der Waals surface area contributed by atoms with Crippen LogP contribution in [0.3, 0.4) is 0 Å². The molecule has 2 aliphatic heterocycles. The number of benzene rings is 4. The Bertz CT molecular complexity index is 1420. The predicted molar refractivity (Wildman–Crippen MR) is 144 cm³/mol. The van der Waals surface area contributed by atoms with Crippen LogP contribution in [0.2, 0.25) is 10.0 Å². The Hall–Kier alpha value is -2.92. The summed E-state index contributed by atoms with van der Waals surface area (Å²) in [5.41, 5.74) is 5.06. The summed E-state index contributed by atoms with van der Waals surface area (Å²) in [5.74, 6) is 1.53. The first-order valence-corrected chi connectivity index (χ1v) is 12.9. The van der Waals surface area contributed by atoms with Gasteiger partial charge in [-0.25, -0.2) is 0 Å². The van der Waals surface area contributed by atoms with E-state index in [1.54, 1.807) is 18.9 Å². The number of ether oxygens (including phenoxy) is 2. The van der Waals surface area contributed by atoms with Gasteiger partial charge in [0, 0.05) is 25.8 Å². The Kier molecular flexibility index (Phi) is 5.97. The van der Waals surface area contributed by atoms with Crippen molar-refractivity contribution in [2.45, 2.75) is 16.2 Å². The van der Waals surface area contributed by atoms with E-state index in [1.165, 1.54) is 0 Å². The molecular formula is C29H21Cl2NO2S. The Morgan fingerprint density at radius 3 is 2.34 bits per heavy atom. The van der Waals surface area contributed by atoms with Crippen molar-refractivity contribution in [2.75, 3.05) is 7.11 Å². The van der Waals surface area contributed by atoms with Gasteiger partial charge < -0.3 is 9.47 Å². The Morgan fingerprint density at radius 2 is 1.57 bits per heavy atom. The highest BCUT2D eigenvalue weighted by Crippen LogP contribution is 2.55. The molecule has 0 aromatic heterocycles. The summed E-state index contributed by atoms with van der Waals surface area (Å²) in [5, 5.41) is 1.35. The van der Waals surface area contributed by atoms with Crippen molar-refractivity contribution < 1.29 is 9.47 Å². The number of halogens is 2. The third kappa shape index (κ3) is 4.20. The lowest BCUT2D eigenvalue weighted by Crippen LogP contribution is -2.35. The van der Waals surface area contributed by atoms with Crippen LogP contribution in [0, 0.1) is 5.92 Å². The van der Waals surface area contributed by atoms with Gasteiger partial charge >= 0.3 is 0 Å². The molecule has 0 saturated heterocycles. The van der Waals surface area contributed by atoms with Crippen molar-refractivity contribution in [3.63, 3.8) is 0 Å². The van der Waals surface area contributed by atoms with Crippen molar-refractivity contribution in [3.05, 3.63) is 118 Å². The van der Waals surface area contributed by atoms with Crippen molar-refractivity contribution in [2.24, 2.45) is 10.9 Å². The standard InChI is InChI=1S/C29H21Cl2NO2S/c1-33-21-11-7-18(8-12-21)29-26-27(32-23-13-9-20(31)16-25(23)35-29)22-15-19(30)10-14-24(22)34-28(26)17-5-3-2-4-6-17/h2-16,26,28-29H,1H3. The summed E-state index contributed by atoms with van der Waals surface area (Å²) in [6.07, 6.45) is -0.229. The van der Waals surface area contributed by atoms with Gasteiger partial charge in [0.25, 0.3) is 0 Å². The van der Waals surface area contributed by atoms with E-state index in [0.717, 1.165) is 44.5 Å². The molecule has 2 heterocycles. The molecule has 0 N–H and O–H groups in total. The molecule has 3 atom stereocenters. The fraction of sp³-hybridized carbons (Fsp3) is 0.138. The maximum absolute atomic E-state index is 6.71. The van der Waals surface area contributed by atoms with Gasteiger partial charge in [-0.15, -0.1) is 11.8 Å². The van der Waals surface area contributed by atoms with Gasteiger partial charge in [0.05, 0.1) is 24.4 Å². The van der Waals surface area contributed by atoms with Gasteiger partial charge in [0.1, 0.15) is 17.6 Å². The van der Waals surface area contributed by atoms with E-state index in [0.29, 0.717) is 10.0 Å². The zero-order valence-corrected chi connectivity index (χ0v) is 21.1. The van der Waals surface area contributed by atoms with E-state index in [2.05, 4.69) is 24.3 Å². The lowest BCUT2D eigenvalue weighted by molar-refractivity contribution is 0.156. The zero-order valence-electron chi connectivity index (χ0n) is 18.8. The first-order valence-electron chi connectivity index (χ1n) is 11.3. The third-order valence-corrected chi connectivity index (χ3v) is 8.30. The van der Waals surface area contributed by atoms with Crippen molar-refractivity contribution in [1.29, 1.82) is 0 Å². The Morgan fingerprint density at radius 1 is 0.829 bits per heavy atom. The van der Waals surface area contributed by atoms with E-state index in [1.807, 2.05) is 66.7 Å². The highest BCUT2D eigenvalue weighted by molar-refractivity contribution is 7.99. The van der Waals surface area contributed by atoms with Crippen LogP contribution >= 0.6 is 35.0 Å². The van der Waals surface area contributed by atoms with Crippen LogP contribution in [0.1, 0.15) is 28.0 Å². The van der Waals surface area contributed by atoms with Gasteiger partial charge in [0.2, 0.25) is 0 Å². The van der Waals surface area contributed by atoms with Gasteiger partial charge in [-0.1, -0.05) is 65.7 Å². The lowest BCUT2D eigenvalue weighted by atomic mass is 9.80. The molecule has 3 unspecified atom stereocenters. The monoisotopic (exact) mass is 517 g/mol. The Balaban J connectivity index is 1.61. The van der Waals surface area contributed by atoms with Gasteiger partial charge in [-0.3, -0.25) is 4.99 Å². The molecule has 0 bridgehead atoms. The normalized spacial score (nSPS) is 20.4. The molecule has 0 fully saturated rings. The summed E-state index contributed by atoms with van der Waals surface area (Å²) in [6, 6.07) is 30.3. The van der Waals surface area contributed by atoms with Gasteiger partial charge in [-0.2, -0.15) is 0 Å². The van der Waals surface area contributed by atoms with E-state index in [9.17, 15) is 0 Å². The van der Waals surface area contributed by atoms with E-state index >= 15 is 0 Å². The van der Waals surface area contributed by atoms with Crippen LogP contribution in [0.25, 0.3) is 0 Å². The van der Waals surface area contributed by atoms with E-state index < -0.39 is 0 Å². The molecule has 0 amide bonds. The second-order valence-electron chi connectivity index (χ2n) is 8.54. The topological polar surface area (TPSA) is 30.8 Å². The van der Waals surface area contributed by atoms with Crippen LogP contribution in [0.5, 0.6) is 11.5 Å². The molecule has 4 aromatic rings. The smallest absolute Gasteiger partial charge is 0.134 e. The first-order chi connectivity index (χ1) is 17.1. The van der Waals surface area contributed by atoms with Crippen LogP contribution in [0.15, 0.2) is 101 Å². The molecule has 0 aliphatic carbocycles. The lowest BCUT2D eigenvalue weighted by Gasteiger charge is -2.38. The summed E-state index contributed by atoms with van der Waals surface area (Å²) in [7, 11) is 1.68. The minimum absolute atomic E-state index is 0.0108. The molecule has 35 heavy (non-hydrogen) atoms. The third-order valence-electron chi connectivity index (χ3n) is 6.43. The highest BCUT2D eigenvalue weighted by Gasteiger charge is 2.44. The molecule has 6 heteroatoms. The molecule has 6 rings (SSSR count). The average Bonchev–Trinajstić information content (AvgIpc) is 3.06. The molecule has 2 aliphatic rings. The quantitative estimate of drug-likeness (QED) is 0.272. The maximum atomic E-state index is 6.71. The van der Waals surface area contributed by atoms with Crippen LogP contribution in [-0.4, -0.2) is 12.8 Å². The molecule has 0 radical (unpaired) electrons. The molecule has 0 spiro atoms. The number of fused-ring (bicyclic) bond motifs is 4. The first kappa shape index (κ1) is 22.5. The number of hydrogen-bond acceptors (Lipinski definition) is 4. The SMILES string of the molecule is COc1ccc(C2Sc3cc(Cl)ccc3N=C3c4cc(Cl)ccc4OC(c4ccccc4)C32)cc1. The molecule has 3 nitrogen and oxygen atoms in total. The second kappa shape index (κ2) is 9.27. The largest absolute Gasteiger partial charge is 0.497 e. The predicted octanol–water partition coefficient (Wildman–Crippen LogP) is 8.72. The summed E-state index contributed by atoms with van der Waals surface area (Å²) < 4.78 is 12.1. The molecule has 0 saturated carbocycles.